The molecule has 0 aliphatic heterocycles. The number of benzene rings is 2. The molecule has 3 heteroatoms. The van der Waals surface area contributed by atoms with Crippen molar-refractivity contribution in [2.24, 2.45) is 0 Å². The molecule has 0 heterocycles. The van der Waals surface area contributed by atoms with Gasteiger partial charge in [0.05, 0.1) is 7.11 Å². The van der Waals surface area contributed by atoms with Crippen molar-refractivity contribution in [1.29, 1.82) is 0 Å². The van der Waals surface area contributed by atoms with E-state index in [1.807, 2.05) is 6.92 Å². The zero-order valence-corrected chi connectivity index (χ0v) is 13.7. The fourth-order valence-corrected chi connectivity index (χ4v) is 3.34. The first-order valence-electron chi connectivity index (χ1n) is 6.58. The van der Waals surface area contributed by atoms with Gasteiger partial charge in [0.1, 0.15) is 11.6 Å². The minimum atomic E-state index is -0.236. The maximum atomic E-state index is 13.1. The second-order valence-electron chi connectivity index (χ2n) is 5.17. The smallest absolute Gasteiger partial charge is 0.130 e. The lowest BCUT2D eigenvalue weighted by atomic mass is 9.93. The molecule has 0 unspecified atom stereocenters. The summed E-state index contributed by atoms with van der Waals surface area (Å²) < 4.78 is 19.7. The molecule has 0 saturated heterocycles. The number of rotatable bonds is 3. The third kappa shape index (κ3) is 2.73. The molecule has 0 aromatic heterocycles. The van der Waals surface area contributed by atoms with Crippen LogP contribution in [-0.2, 0) is 0 Å². The van der Waals surface area contributed by atoms with E-state index >= 15 is 0 Å². The van der Waals surface area contributed by atoms with Crippen LogP contribution < -0.4 is 4.74 Å². The van der Waals surface area contributed by atoms with Crippen LogP contribution in [0.3, 0.4) is 0 Å². The van der Waals surface area contributed by atoms with Gasteiger partial charge in [-0.2, -0.15) is 0 Å². The van der Waals surface area contributed by atoms with Gasteiger partial charge in [0.2, 0.25) is 0 Å². The molecule has 0 saturated carbocycles. The minimum absolute atomic E-state index is 0.236. The molecule has 0 atom stereocenters. The topological polar surface area (TPSA) is 9.23 Å². The standard InChI is InChI=1S/C17H18BrFO/c1-10(2)14-9-11(3)17(20-4)15(16(14)18)12-5-7-13(19)8-6-12/h5-10H,1-4H3. The Kier molecular flexibility index (Phi) is 4.48. The van der Waals surface area contributed by atoms with Gasteiger partial charge in [-0.1, -0.05) is 32.0 Å². The van der Waals surface area contributed by atoms with Crippen molar-refractivity contribution in [3.05, 3.63) is 51.7 Å². The van der Waals surface area contributed by atoms with E-state index in [2.05, 4.69) is 35.8 Å². The number of aryl methyl sites for hydroxylation is 1. The quantitative estimate of drug-likeness (QED) is 0.698. The molecule has 2 aromatic rings. The number of ether oxygens (including phenoxy) is 1. The summed E-state index contributed by atoms with van der Waals surface area (Å²) in [5, 5.41) is 0. The number of methoxy groups -OCH3 is 1. The molecule has 0 N–H and O–H groups in total. The monoisotopic (exact) mass is 336 g/mol. The molecule has 0 spiro atoms. The Morgan fingerprint density at radius 1 is 1.15 bits per heavy atom. The van der Waals surface area contributed by atoms with Gasteiger partial charge in [0.15, 0.2) is 0 Å². The normalized spacial score (nSPS) is 10.9. The highest BCUT2D eigenvalue weighted by molar-refractivity contribution is 9.10. The van der Waals surface area contributed by atoms with Crippen LogP contribution in [0.5, 0.6) is 5.75 Å². The van der Waals surface area contributed by atoms with Crippen LogP contribution in [0.25, 0.3) is 11.1 Å². The lowest BCUT2D eigenvalue weighted by molar-refractivity contribution is 0.413. The Bertz CT molecular complexity index is 618. The summed E-state index contributed by atoms with van der Waals surface area (Å²) in [7, 11) is 1.66. The summed E-state index contributed by atoms with van der Waals surface area (Å²) >= 11 is 3.69. The average Bonchev–Trinajstić information content (AvgIpc) is 2.41. The van der Waals surface area contributed by atoms with Gasteiger partial charge in [-0.05, 0) is 57.6 Å². The minimum Gasteiger partial charge on any atom is -0.496 e. The summed E-state index contributed by atoms with van der Waals surface area (Å²) in [6, 6.07) is 8.64. The lowest BCUT2D eigenvalue weighted by Crippen LogP contribution is -1.98. The molecule has 0 radical (unpaired) electrons. The van der Waals surface area contributed by atoms with E-state index in [4.69, 9.17) is 4.74 Å². The predicted molar refractivity (Wildman–Crippen MR) is 84.9 cm³/mol. The van der Waals surface area contributed by atoms with Gasteiger partial charge >= 0.3 is 0 Å². The molecule has 0 amide bonds. The molecule has 0 aliphatic rings. The van der Waals surface area contributed by atoms with Gasteiger partial charge < -0.3 is 4.74 Å². The van der Waals surface area contributed by atoms with Crippen LogP contribution in [0.1, 0.15) is 30.9 Å². The summed E-state index contributed by atoms with van der Waals surface area (Å²) in [4.78, 5) is 0. The van der Waals surface area contributed by atoms with Crippen molar-refractivity contribution in [1.82, 2.24) is 0 Å². The van der Waals surface area contributed by atoms with E-state index in [-0.39, 0.29) is 5.82 Å². The lowest BCUT2D eigenvalue weighted by Gasteiger charge is -2.19. The van der Waals surface area contributed by atoms with E-state index in [1.165, 1.54) is 17.7 Å². The summed E-state index contributed by atoms with van der Waals surface area (Å²) in [5.41, 5.74) is 4.23. The first-order valence-corrected chi connectivity index (χ1v) is 7.38. The van der Waals surface area contributed by atoms with Crippen LogP contribution in [0, 0.1) is 12.7 Å². The molecule has 106 valence electrons. The molecular weight excluding hydrogens is 319 g/mol. The van der Waals surface area contributed by atoms with Gasteiger partial charge in [-0.3, -0.25) is 0 Å². The van der Waals surface area contributed by atoms with Crippen LogP contribution in [-0.4, -0.2) is 7.11 Å². The van der Waals surface area contributed by atoms with E-state index in [1.54, 1.807) is 19.2 Å². The van der Waals surface area contributed by atoms with Crippen LogP contribution in [0.4, 0.5) is 4.39 Å². The van der Waals surface area contributed by atoms with Gasteiger partial charge in [-0.15, -0.1) is 0 Å². The molecule has 1 nitrogen and oxygen atoms in total. The van der Waals surface area contributed by atoms with Crippen molar-refractivity contribution in [3.8, 4) is 16.9 Å². The Morgan fingerprint density at radius 3 is 2.25 bits per heavy atom. The van der Waals surface area contributed by atoms with Crippen molar-refractivity contribution in [2.45, 2.75) is 26.7 Å². The first-order chi connectivity index (χ1) is 9.45. The Morgan fingerprint density at radius 2 is 1.75 bits per heavy atom. The highest BCUT2D eigenvalue weighted by Gasteiger charge is 2.18. The summed E-state index contributed by atoms with van der Waals surface area (Å²) in [5.74, 6) is 0.988. The van der Waals surface area contributed by atoms with E-state index < -0.39 is 0 Å². The van der Waals surface area contributed by atoms with Crippen LogP contribution >= 0.6 is 15.9 Å². The SMILES string of the molecule is COc1c(C)cc(C(C)C)c(Br)c1-c1ccc(F)cc1. The predicted octanol–water partition coefficient (Wildman–Crippen LogP) is 5.70. The molecule has 2 rings (SSSR count). The molecule has 0 aliphatic carbocycles. The van der Waals surface area contributed by atoms with E-state index in [0.717, 1.165) is 26.9 Å². The summed E-state index contributed by atoms with van der Waals surface area (Å²) in [6.07, 6.45) is 0. The third-order valence-electron chi connectivity index (χ3n) is 3.39. The van der Waals surface area contributed by atoms with Crippen LogP contribution in [0.2, 0.25) is 0 Å². The van der Waals surface area contributed by atoms with Crippen molar-refractivity contribution < 1.29 is 9.13 Å². The van der Waals surface area contributed by atoms with E-state index in [0.29, 0.717) is 5.92 Å². The Labute approximate surface area is 127 Å². The van der Waals surface area contributed by atoms with Crippen LogP contribution in [0.15, 0.2) is 34.8 Å². The maximum absolute atomic E-state index is 13.1. The number of hydrogen-bond acceptors (Lipinski definition) is 1. The van der Waals surface area contributed by atoms with Gasteiger partial charge in [-0.25, -0.2) is 4.39 Å². The van der Waals surface area contributed by atoms with E-state index in [9.17, 15) is 4.39 Å². The molecular formula is C17H18BrFO. The highest BCUT2D eigenvalue weighted by atomic mass is 79.9. The first kappa shape index (κ1) is 15.0. The molecule has 20 heavy (non-hydrogen) atoms. The second-order valence-corrected chi connectivity index (χ2v) is 5.96. The summed E-state index contributed by atoms with van der Waals surface area (Å²) in [6.45, 7) is 6.34. The largest absolute Gasteiger partial charge is 0.496 e. The fraction of sp³-hybridized carbons (Fsp3) is 0.294. The maximum Gasteiger partial charge on any atom is 0.130 e. The highest BCUT2D eigenvalue weighted by Crippen LogP contribution is 2.43. The second kappa shape index (κ2) is 5.96. The molecule has 2 aromatic carbocycles. The Hall–Kier alpha value is -1.35. The van der Waals surface area contributed by atoms with Gasteiger partial charge in [0, 0.05) is 10.0 Å². The molecule has 0 fully saturated rings. The zero-order valence-electron chi connectivity index (χ0n) is 12.1. The third-order valence-corrected chi connectivity index (χ3v) is 4.24. The number of hydrogen-bond donors (Lipinski definition) is 0. The molecule has 0 bridgehead atoms. The van der Waals surface area contributed by atoms with Crippen molar-refractivity contribution >= 4 is 15.9 Å². The average molecular weight is 337 g/mol. The van der Waals surface area contributed by atoms with Crippen molar-refractivity contribution in [3.63, 3.8) is 0 Å². The van der Waals surface area contributed by atoms with Gasteiger partial charge in [0.25, 0.3) is 0 Å². The van der Waals surface area contributed by atoms with Crippen molar-refractivity contribution in [2.75, 3.05) is 7.11 Å². The fourth-order valence-electron chi connectivity index (χ4n) is 2.36. The Balaban J connectivity index is 2.74. The number of halogens is 2. The zero-order chi connectivity index (χ0) is 14.9.